The van der Waals surface area contributed by atoms with Crippen molar-refractivity contribution in [3.63, 3.8) is 0 Å². The van der Waals surface area contributed by atoms with Crippen molar-refractivity contribution in [2.24, 2.45) is 0 Å². The molecular formula is C10H15N5. The molecule has 0 saturated heterocycles. The van der Waals surface area contributed by atoms with Gasteiger partial charge in [-0.05, 0) is 20.6 Å². The van der Waals surface area contributed by atoms with Crippen LogP contribution >= 0.6 is 0 Å². The second-order valence-electron chi connectivity index (χ2n) is 2.74. The number of aryl methyl sites for hydroxylation is 1. The van der Waals surface area contributed by atoms with Gasteiger partial charge in [-0.15, -0.1) is 0 Å². The van der Waals surface area contributed by atoms with Crippen molar-refractivity contribution in [2.45, 2.75) is 20.6 Å². The van der Waals surface area contributed by atoms with Gasteiger partial charge in [-0.25, -0.2) is 4.98 Å². The fourth-order valence-corrected chi connectivity index (χ4v) is 1.17. The van der Waals surface area contributed by atoms with Crippen molar-refractivity contribution in [1.82, 2.24) is 19.6 Å². The first-order valence-corrected chi connectivity index (χ1v) is 4.15. The van der Waals surface area contributed by atoms with Crippen LogP contribution in [-0.2, 0) is 0 Å². The zero-order chi connectivity index (χ0) is 19.2. The maximum Gasteiger partial charge on any atom is 0.254 e. The molecule has 2 aromatic heterocycles. The van der Waals surface area contributed by atoms with Crippen LogP contribution in [-0.4, -0.2) is 32.7 Å². The monoisotopic (exact) mass is 215 g/mol. The lowest BCUT2D eigenvalue weighted by molar-refractivity contribution is 0.796. The van der Waals surface area contributed by atoms with Crippen LogP contribution in [0.3, 0.4) is 0 Å². The average molecular weight is 215 g/mol. The summed E-state index contributed by atoms with van der Waals surface area (Å²) in [6.07, 6.45) is 1.05. The molecule has 15 heavy (non-hydrogen) atoms. The predicted octanol–water partition coefficient (Wildman–Crippen LogP) is 1.28. The Bertz CT molecular complexity index is 742. The van der Waals surface area contributed by atoms with Crippen molar-refractivity contribution in [3.8, 4) is 0 Å². The summed E-state index contributed by atoms with van der Waals surface area (Å²) in [6, 6.07) is -0.619. The highest BCUT2D eigenvalue weighted by Crippen LogP contribution is 2.14. The second-order valence-corrected chi connectivity index (χ2v) is 2.74. The molecule has 2 heterocycles. The molecule has 5 heteroatoms. The van der Waals surface area contributed by atoms with E-state index < -0.39 is 45.4 Å². The van der Waals surface area contributed by atoms with E-state index in [0.717, 1.165) is 15.7 Å². The highest BCUT2D eigenvalue weighted by molar-refractivity contribution is 5.46. The lowest BCUT2D eigenvalue weighted by Crippen LogP contribution is -2.25. The number of hydrogen-bond donors (Lipinski definition) is 0. The van der Waals surface area contributed by atoms with E-state index in [1.807, 2.05) is 0 Å². The van der Waals surface area contributed by atoms with Gasteiger partial charge in [-0.2, -0.15) is 14.6 Å². The van der Waals surface area contributed by atoms with E-state index >= 15 is 0 Å². The van der Waals surface area contributed by atoms with Crippen LogP contribution in [0.4, 0.5) is 5.82 Å². The molecule has 0 aliphatic rings. The molecule has 2 aromatic rings. The molecule has 5 nitrogen and oxygen atoms in total. The maximum atomic E-state index is 8.15. The fraction of sp³-hybridized carbons (Fsp3) is 0.500. The Kier molecular flexibility index (Phi) is 0.880. The molecule has 0 aromatic carbocycles. The minimum atomic E-state index is -2.76. The van der Waals surface area contributed by atoms with Crippen LogP contribution < -0.4 is 4.90 Å². The van der Waals surface area contributed by atoms with Crippen LogP contribution in [0, 0.1) is 6.85 Å². The Morgan fingerprint density at radius 3 is 3.13 bits per heavy atom. The van der Waals surface area contributed by atoms with Gasteiger partial charge in [0.15, 0.2) is 0 Å². The summed E-state index contributed by atoms with van der Waals surface area (Å²) < 4.78 is 76.1. The van der Waals surface area contributed by atoms with Crippen molar-refractivity contribution >= 4 is 11.6 Å². The third-order valence-electron chi connectivity index (χ3n) is 1.85. The highest BCUT2D eigenvalue weighted by atomic mass is 15.4. The van der Waals surface area contributed by atoms with Crippen LogP contribution in [0.5, 0.6) is 0 Å². The van der Waals surface area contributed by atoms with E-state index in [-0.39, 0.29) is 11.6 Å². The number of fused-ring (bicyclic) bond motifs is 1. The van der Waals surface area contributed by atoms with E-state index in [4.69, 9.17) is 13.7 Å². The number of rotatable bonds is 3. The van der Waals surface area contributed by atoms with Crippen molar-refractivity contribution < 1.29 is 13.7 Å². The lowest BCUT2D eigenvalue weighted by atomic mass is 10.4. The molecule has 0 saturated carbocycles. The number of hydrogen-bond acceptors (Lipinski definition) is 4. The summed E-state index contributed by atoms with van der Waals surface area (Å²) >= 11 is 0. The van der Waals surface area contributed by atoms with E-state index in [2.05, 4.69) is 15.1 Å². The topological polar surface area (TPSA) is 46.3 Å². The SMILES string of the molecule is [2H]c1c(C([2H])([2H])[2H])nc2ncnn2c1N(CC([2H])([2H])[2H])CC([2H])([2H])[2H]. The molecule has 0 fully saturated rings. The maximum absolute atomic E-state index is 8.15. The third kappa shape index (κ3) is 1.65. The smallest absolute Gasteiger partial charge is 0.254 e. The lowest BCUT2D eigenvalue weighted by Gasteiger charge is -2.21. The average Bonchev–Trinajstić information content (AvgIpc) is 2.79. The minimum Gasteiger partial charge on any atom is -0.357 e. The zero-order valence-electron chi connectivity index (χ0n) is 17.7. The number of aromatic nitrogens is 4. The van der Waals surface area contributed by atoms with Gasteiger partial charge in [0.1, 0.15) is 12.1 Å². The molecule has 0 unspecified atom stereocenters. The number of anilines is 1. The molecule has 0 radical (unpaired) electrons. The van der Waals surface area contributed by atoms with Crippen LogP contribution in [0.1, 0.15) is 33.1 Å². The van der Waals surface area contributed by atoms with Crippen molar-refractivity contribution in [3.05, 3.63) is 18.1 Å². The Hall–Kier alpha value is -1.65. The van der Waals surface area contributed by atoms with Gasteiger partial charge in [0, 0.05) is 37.2 Å². The van der Waals surface area contributed by atoms with Gasteiger partial charge in [-0.1, -0.05) is 0 Å². The van der Waals surface area contributed by atoms with Crippen molar-refractivity contribution in [1.29, 1.82) is 0 Å². The molecule has 0 spiro atoms. The highest BCUT2D eigenvalue weighted by Gasteiger charge is 2.09. The Morgan fingerprint density at radius 2 is 2.40 bits per heavy atom. The van der Waals surface area contributed by atoms with E-state index in [0.29, 0.717) is 0 Å². The molecule has 0 aliphatic heterocycles. The molecule has 80 valence electrons. The Morgan fingerprint density at radius 1 is 1.53 bits per heavy atom. The molecule has 0 bridgehead atoms. The summed E-state index contributed by atoms with van der Waals surface area (Å²) in [5.74, 6) is -0.459. The van der Waals surface area contributed by atoms with E-state index in [9.17, 15) is 0 Å². The van der Waals surface area contributed by atoms with Crippen LogP contribution in [0.15, 0.2) is 12.4 Å². The van der Waals surface area contributed by atoms with Gasteiger partial charge in [0.05, 0.1) is 1.37 Å². The molecule has 0 aliphatic carbocycles. The fourth-order valence-electron chi connectivity index (χ4n) is 1.17. The number of nitrogens with zero attached hydrogens (tertiary/aromatic N) is 5. The molecular weight excluding hydrogens is 190 g/mol. The summed E-state index contributed by atoms with van der Waals surface area (Å²) in [6.45, 7) is -9.28. The van der Waals surface area contributed by atoms with E-state index in [1.54, 1.807) is 0 Å². The molecule has 2 rings (SSSR count). The Balaban J connectivity index is 2.72. The summed E-state index contributed by atoms with van der Waals surface area (Å²) in [4.78, 5) is 8.45. The van der Waals surface area contributed by atoms with Gasteiger partial charge in [-0.3, -0.25) is 0 Å². The largest absolute Gasteiger partial charge is 0.357 e. The van der Waals surface area contributed by atoms with Crippen molar-refractivity contribution in [2.75, 3.05) is 18.0 Å². The van der Waals surface area contributed by atoms with Gasteiger partial charge in [0.25, 0.3) is 5.78 Å². The zero-order valence-corrected chi connectivity index (χ0v) is 7.73. The third-order valence-corrected chi connectivity index (χ3v) is 1.85. The quantitative estimate of drug-likeness (QED) is 0.773. The summed E-state index contributed by atoms with van der Waals surface area (Å²) in [5.41, 5.74) is -0.607. The van der Waals surface area contributed by atoms with Gasteiger partial charge in [0.2, 0.25) is 0 Å². The predicted molar refractivity (Wildman–Crippen MR) is 59.1 cm³/mol. The summed E-state index contributed by atoms with van der Waals surface area (Å²) in [5, 5.41) is 3.81. The standard InChI is InChI=1S/C10H15N5/c1-4-14(5-2)9-6-8(3)13-10-11-7-12-15(9)10/h6-7H,4-5H2,1-3H3/i1D3,2D3,3D3,6D. The van der Waals surface area contributed by atoms with E-state index in [1.165, 1.54) is 0 Å². The van der Waals surface area contributed by atoms with Crippen LogP contribution in [0.25, 0.3) is 5.78 Å². The normalized spacial score (nSPS) is 23.2. The molecule has 0 amide bonds. The van der Waals surface area contributed by atoms with Crippen LogP contribution in [0.2, 0.25) is 0 Å². The first kappa shape index (κ1) is 3.43. The molecule has 0 N–H and O–H groups in total. The minimum absolute atomic E-state index is 0.168. The van der Waals surface area contributed by atoms with Gasteiger partial charge < -0.3 is 4.90 Å². The Labute approximate surface area is 103 Å². The first-order chi connectivity index (χ1) is 11.2. The first-order valence-electron chi connectivity index (χ1n) is 9.15. The van der Waals surface area contributed by atoms with Gasteiger partial charge >= 0.3 is 0 Å². The second kappa shape index (κ2) is 3.84. The molecule has 0 atom stereocenters. The summed E-state index contributed by atoms with van der Waals surface area (Å²) in [7, 11) is 0.